The highest BCUT2D eigenvalue weighted by Gasteiger charge is 2.13. The van der Waals surface area contributed by atoms with Crippen molar-refractivity contribution in [1.82, 2.24) is 0 Å². The van der Waals surface area contributed by atoms with Crippen molar-refractivity contribution < 1.29 is 42.0 Å². The molecule has 4 N–H and O–H groups in total. The first-order valence-electron chi connectivity index (χ1n) is 4.75. The summed E-state index contributed by atoms with van der Waals surface area (Å²) in [6.07, 6.45) is 0. The zero-order valence-electron chi connectivity index (χ0n) is 9.20. The largest absolute Gasteiger partial charge is 1.00 e. The topological polar surface area (TPSA) is 64.5 Å². The number of nitrogen functional groups attached to an aromatic ring is 2. The molecule has 4 nitrogen and oxygen atoms in total. The lowest BCUT2D eigenvalue weighted by atomic mass is 10.2. The number of hydrogen-bond acceptors (Lipinski definition) is 4. The van der Waals surface area contributed by atoms with Gasteiger partial charge in [0.05, 0.1) is 24.6 Å². The molecule has 0 aliphatic carbocycles. The van der Waals surface area contributed by atoms with Gasteiger partial charge < -0.3 is 58.3 Å². The minimum atomic E-state index is 0. The second kappa shape index (κ2) is 8.53. The van der Waals surface area contributed by atoms with Crippen LogP contribution in [0.2, 0.25) is 0 Å². The Morgan fingerprint density at radius 3 is 2.12 bits per heavy atom. The maximum atomic E-state index is 5.89. The number of rotatable bonds is 1. The van der Waals surface area contributed by atoms with Crippen LogP contribution < -0.4 is 53.6 Å². The first kappa shape index (κ1) is 18.8. The van der Waals surface area contributed by atoms with Gasteiger partial charge in [-0.2, -0.15) is 0 Å². The summed E-state index contributed by atoms with van der Waals surface area (Å²) in [6, 6.07) is 5.64. The maximum Gasteiger partial charge on any atom is 0.0642 e. The van der Waals surface area contributed by atoms with Crippen molar-refractivity contribution in [1.29, 1.82) is 0 Å². The van der Waals surface area contributed by atoms with E-state index in [-0.39, 0.29) is 37.2 Å². The molecule has 17 heavy (non-hydrogen) atoms. The first-order chi connectivity index (χ1) is 6.77. The summed E-state index contributed by atoms with van der Waals surface area (Å²) < 4.78 is 5.28. The van der Waals surface area contributed by atoms with Gasteiger partial charge in [-0.3, -0.25) is 0 Å². The molecular formula is C10H15Cl3N3O-3. The van der Waals surface area contributed by atoms with E-state index in [1.54, 1.807) is 6.07 Å². The van der Waals surface area contributed by atoms with Gasteiger partial charge in [0.1, 0.15) is 0 Å². The minimum Gasteiger partial charge on any atom is -1.00 e. The predicted molar refractivity (Wildman–Crippen MR) is 58.3 cm³/mol. The highest BCUT2D eigenvalue weighted by molar-refractivity contribution is 5.71. The van der Waals surface area contributed by atoms with E-state index in [0.29, 0.717) is 5.69 Å². The van der Waals surface area contributed by atoms with Crippen molar-refractivity contribution in [3.8, 4) is 0 Å². The fraction of sp³-hybridized carbons (Fsp3) is 0.400. The van der Waals surface area contributed by atoms with E-state index in [0.717, 1.165) is 37.7 Å². The Balaban J connectivity index is 0. The van der Waals surface area contributed by atoms with Crippen LogP contribution in [0.3, 0.4) is 0 Å². The third-order valence-electron chi connectivity index (χ3n) is 2.40. The summed E-state index contributed by atoms with van der Waals surface area (Å²) in [5.74, 6) is 0. The van der Waals surface area contributed by atoms with Crippen LogP contribution in [0.1, 0.15) is 0 Å². The molecular weight excluding hydrogens is 284 g/mol. The normalized spacial score (nSPS) is 14.0. The standard InChI is InChI=1S/C10H15N3O.3ClH/c11-8-1-2-10(9(12)7-8)13-3-5-14-6-4-13;;;/h1-2,7H,3-6,11-12H2;3*1H/p-3. The van der Waals surface area contributed by atoms with Gasteiger partial charge in [-0.25, -0.2) is 0 Å². The Kier molecular flexibility index (Phi) is 9.43. The van der Waals surface area contributed by atoms with Gasteiger partial charge in [0.2, 0.25) is 0 Å². The minimum absolute atomic E-state index is 0. The highest BCUT2D eigenvalue weighted by Crippen LogP contribution is 2.25. The molecule has 1 heterocycles. The third kappa shape index (κ3) is 4.68. The molecule has 1 fully saturated rings. The average Bonchev–Trinajstić information content (AvgIpc) is 2.19. The molecule has 0 radical (unpaired) electrons. The number of benzene rings is 1. The van der Waals surface area contributed by atoms with E-state index in [4.69, 9.17) is 16.2 Å². The Bertz CT molecular complexity index is 333. The summed E-state index contributed by atoms with van der Waals surface area (Å²) in [6.45, 7) is 3.33. The third-order valence-corrected chi connectivity index (χ3v) is 2.40. The predicted octanol–water partition coefficient (Wildman–Crippen LogP) is -8.30. The first-order valence-corrected chi connectivity index (χ1v) is 4.75. The van der Waals surface area contributed by atoms with Crippen LogP contribution >= 0.6 is 0 Å². The molecule has 0 bridgehead atoms. The molecule has 1 aromatic carbocycles. The lowest BCUT2D eigenvalue weighted by Crippen LogP contribution is -3.00. The summed E-state index contributed by atoms with van der Waals surface area (Å²) >= 11 is 0. The molecule has 2 rings (SSSR count). The van der Waals surface area contributed by atoms with Gasteiger partial charge in [0, 0.05) is 18.8 Å². The van der Waals surface area contributed by atoms with Gasteiger partial charge >= 0.3 is 0 Å². The monoisotopic (exact) mass is 298 g/mol. The van der Waals surface area contributed by atoms with Gasteiger partial charge in [0.25, 0.3) is 0 Å². The van der Waals surface area contributed by atoms with E-state index in [2.05, 4.69) is 4.90 Å². The lowest BCUT2D eigenvalue weighted by Gasteiger charge is -2.29. The van der Waals surface area contributed by atoms with Crippen molar-refractivity contribution in [3.63, 3.8) is 0 Å². The average molecular weight is 300 g/mol. The second-order valence-electron chi connectivity index (χ2n) is 3.42. The summed E-state index contributed by atoms with van der Waals surface area (Å²) in [4.78, 5) is 2.22. The van der Waals surface area contributed by atoms with Gasteiger partial charge in [0.15, 0.2) is 0 Å². The van der Waals surface area contributed by atoms with Crippen LogP contribution in [0.25, 0.3) is 0 Å². The Morgan fingerprint density at radius 1 is 1.00 bits per heavy atom. The van der Waals surface area contributed by atoms with Crippen molar-refractivity contribution in [3.05, 3.63) is 18.2 Å². The van der Waals surface area contributed by atoms with Crippen molar-refractivity contribution >= 4 is 17.1 Å². The summed E-state index contributed by atoms with van der Waals surface area (Å²) in [5, 5.41) is 0. The number of morpholine rings is 1. The Morgan fingerprint density at radius 2 is 1.59 bits per heavy atom. The zero-order valence-corrected chi connectivity index (χ0v) is 11.5. The molecule has 1 saturated heterocycles. The molecule has 100 valence electrons. The van der Waals surface area contributed by atoms with Crippen LogP contribution in [0, 0.1) is 0 Å². The van der Waals surface area contributed by atoms with Crippen molar-refractivity contribution in [2.45, 2.75) is 0 Å². The number of ether oxygens (including phenoxy) is 1. The van der Waals surface area contributed by atoms with E-state index < -0.39 is 0 Å². The molecule has 1 aliphatic heterocycles. The van der Waals surface area contributed by atoms with Crippen LogP contribution in [-0.2, 0) is 4.74 Å². The summed E-state index contributed by atoms with van der Waals surface area (Å²) in [7, 11) is 0. The second-order valence-corrected chi connectivity index (χ2v) is 3.42. The van der Waals surface area contributed by atoms with Crippen molar-refractivity contribution in [2.24, 2.45) is 0 Å². The number of nitrogens with zero attached hydrogens (tertiary/aromatic N) is 1. The number of anilines is 3. The molecule has 0 atom stereocenters. The molecule has 1 aromatic rings. The molecule has 0 amide bonds. The molecule has 7 heteroatoms. The fourth-order valence-electron chi connectivity index (χ4n) is 1.67. The number of halogens is 3. The van der Waals surface area contributed by atoms with Gasteiger partial charge in [-0.1, -0.05) is 0 Å². The smallest absolute Gasteiger partial charge is 0.0642 e. The number of nitrogens with two attached hydrogens (primary N) is 2. The summed E-state index contributed by atoms with van der Waals surface area (Å²) in [5.41, 5.74) is 14.0. The van der Waals surface area contributed by atoms with Crippen LogP contribution in [0.5, 0.6) is 0 Å². The molecule has 0 spiro atoms. The Labute approximate surface area is 120 Å². The van der Waals surface area contributed by atoms with Gasteiger partial charge in [-0.05, 0) is 18.2 Å². The van der Waals surface area contributed by atoms with Crippen LogP contribution in [-0.4, -0.2) is 26.3 Å². The van der Waals surface area contributed by atoms with Gasteiger partial charge in [-0.15, -0.1) is 0 Å². The molecule has 0 saturated carbocycles. The SMILES string of the molecule is Nc1ccc(N2CCOCC2)c(N)c1.[Cl-].[Cl-].[Cl-]. The maximum absolute atomic E-state index is 5.89. The van der Waals surface area contributed by atoms with E-state index in [1.807, 2.05) is 12.1 Å². The molecule has 0 aromatic heterocycles. The lowest BCUT2D eigenvalue weighted by molar-refractivity contribution is -0.00100. The molecule has 0 unspecified atom stereocenters. The quantitative estimate of drug-likeness (QED) is 0.506. The van der Waals surface area contributed by atoms with E-state index >= 15 is 0 Å². The number of hydrogen-bond donors (Lipinski definition) is 2. The van der Waals surface area contributed by atoms with E-state index in [9.17, 15) is 0 Å². The van der Waals surface area contributed by atoms with Crippen LogP contribution in [0.4, 0.5) is 17.1 Å². The van der Waals surface area contributed by atoms with Crippen LogP contribution in [0.15, 0.2) is 18.2 Å². The highest BCUT2D eigenvalue weighted by atomic mass is 35.5. The fourth-order valence-corrected chi connectivity index (χ4v) is 1.67. The van der Waals surface area contributed by atoms with Crippen molar-refractivity contribution in [2.75, 3.05) is 42.7 Å². The zero-order chi connectivity index (χ0) is 9.97. The van der Waals surface area contributed by atoms with E-state index in [1.165, 1.54) is 0 Å². The molecule has 1 aliphatic rings. The Hall–Kier alpha value is -0.550.